The lowest BCUT2D eigenvalue weighted by atomic mass is 10.0. The first-order valence-corrected chi connectivity index (χ1v) is 4.09. The van der Waals surface area contributed by atoms with Crippen molar-refractivity contribution in [3.63, 3.8) is 0 Å². The smallest absolute Gasteiger partial charge is 0.335 e. The molecule has 0 unspecified atom stereocenters. The number of benzene rings is 1. The highest BCUT2D eigenvalue weighted by atomic mass is 16.4. The van der Waals surface area contributed by atoms with Gasteiger partial charge in [0.1, 0.15) is 0 Å². The minimum Gasteiger partial charge on any atom is -0.478 e. The second-order valence-corrected chi connectivity index (χ2v) is 2.93. The van der Waals surface area contributed by atoms with Crippen LogP contribution in [0.1, 0.15) is 21.5 Å². The van der Waals surface area contributed by atoms with Crippen LogP contribution in [0.3, 0.4) is 0 Å². The van der Waals surface area contributed by atoms with Gasteiger partial charge >= 0.3 is 5.97 Å². The van der Waals surface area contributed by atoms with Gasteiger partial charge in [0, 0.05) is 6.61 Å². The number of carboxylic acid groups (broad SMARTS) is 1. The molecule has 13 heavy (non-hydrogen) atoms. The van der Waals surface area contributed by atoms with E-state index in [0.29, 0.717) is 12.0 Å². The van der Waals surface area contributed by atoms with Crippen molar-refractivity contribution in [3.8, 4) is 0 Å². The summed E-state index contributed by atoms with van der Waals surface area (Å²) in [4.78, 5) is 10.7. The van der Waals surface area contributed by atoms with E-state index in [1.807, 2.05) is 6.07 Å². The third-order valence-electron chi connectivity index (χ3n) is 1.93. The quantitative estimate of drug-likeness (QED) is 0.735. The van der Waals surface area contributed by atoms with E-state index in [2.05, 4.69) is 0 Å². The van der Waals surface area contributed by atoms with Crippen LogP contribution in [-0.4, -0.2) is 22.8 Å². The number of aromatic carboxylic acids is 1. The molecule has 0 saturated carbocycles. The fraction of sp³-hybridized carbons (Fsp3) is 0.300. The van der Waals surface area contributed by atoms with Crippen LogP contribution in [0, 0.1) is 6.92 Å². The number of carboxylic acids is 1. The number of aliphatic hydroxyl groups excluding tert-OH is 1. The first kappa shape index (κ1) is 9.74. The topological polar surface area (TPSA) is 57.5 Å². The molecule has 3 nitrogen and oxygen atoms in total. The van der Waals surface area contributed by atoms with Crippen LogP contribution in [-0.2, 0) is 6.42 Å². The predicted octanol–water partition coefficient (Wildman–Crippen LogP) is 1.23. The summed E-state index contributed by atoms with van der Waals surface area (Å²) >= 11 is 0. The Bertz CT molecular complexity index is 318. The van der Waals surface area contributed by atoms with Gasteiger partial charge in [0.05, 0.1) is 5.56 Å². The number of hydrogen-bond donors (Lipinski definition) is 2. The molecular formula is C10H12O3. The Kier molecular flexibility index (Phi) is 3.03. The highest BCUT2D eigenvalue weighted by Gasteiger charge is 2.06. The summed E-state index contributed by atoms with van der Waals surface area (Å²) < 4.78 is 0. The predicted molar refractivity (Wildman–Crippen MR) is 48.9 cm³/mol. The number of carbonyl (C=O) groups is 1. The lowest BCUT2D eigenvalue weighted by Crippen LogP contribution is -2.01. The molecule has 3 heteroatoms. The summed E-state index contributed by atoms with van der Waals surface area (Å²) in [6, 6.07) is 5.19. The number of aliphatic hydroxyl groups is 1. The van der Waals surface area contributed by atoms with E-state index in [-0.39, 0.29) is 6.61 Å². The Morgan fingerprint density at radius 2 is 2.15 bits per heavy atom. The van der Waals surface area contributed by atoms with Crippen molar-refractivity contribution in [2.24, 2.45) is 0 Å². The Morgan fingerprint density at radius 3 is 2.69 bits per heavy atom. The normalized spacial score (nSPS) is 10.0. The molecule has 1 aromatic carbocycles. The van der Waals surface area contributed by atoms with Gasteiger partial charge in [0.2, 0.25) is 0 Å². The van der Waals surface area contributed by atoms with E-state index in [9.17, 15) is 4.79 Å². The molecule has 0 amide bonds. The van der Waals surface area contributed by atoms with Crippen LogP contribution in [0.15, 0.2) is 18.2 Å². The molecule has 0 fully saturated rings. The molecule has 0 aliphatic carbocycles. The van der Waals surface area contributed by atoms with Crippen molar-refractivity contribution >= 4 is 5.97 Å². The van der Waals surface area contributed by atoms with E-state index in [1.54, 1.807) is 19.1 Å². The largest absolute Gasteiger partial charge is 0.478 e. The average Bonchev–Trinajstić information content (AvgIpc) is 2.08. The zero-order valence-corrected chi connectivity index (χ0v) is 7.45. The van der Waals surface area contributed by atoms with Crippen molar-refractivity contribution in [3.05, 3.63) is 34.9 Å². The number of hydrogen-bond acceptors (Lipinski definition) is 2. The lowest BCUT2D eigenvalue weighted by molar-refractivity contribution is 0.0696. The van der Waals surface area contributed by atoms with E-state index in [1.165, 1.54) is 0 Å². The molecule has 0 radical (unpaired) electrons. The fourth-order valence-corrected chi connectivity index (χ4v) is 1.18. The van der Waals surface area contributed by atoms with Gasteiger partial charge in [0.15, 0.2) is 0 Å². The second-order valence-electron chi connectivity index (χ2n) is 2.93. The maximum atomic E-state index is 10.7. The molecule has 0 spiro atoms. The van der Waals surface area contributed by atoms with Crippen LogP contribution in [0.25, 0.3) is 0 Å². The monoisotopic (exact) mass is 180 g/mol. The molecule has 2 N–H and O–H groups in total. The number of aryl methyl sites for hydroxylation is 1. The minimum atomic E-state index is -0.919. The highest BCUT2D eigenvalue weighted by Crippen LogP contribution is 2.11. The van der Waals surface area contributed by atoms with Gasteiger partial charge in [0.25, 0.3) is 0 Å². The van der Waals surface area contributed by atoms with Crippen LogP contribution in [0.5, 0.6) is 0 Å². The molecular weight excluding hydrogens is 168 g/mol. The molecule has 0 bridgehead atoms. The Hall–Kier alpha value is -1.35. The van der Waals surface area contributed by atoms with Gasteiger partial charge in [-0.1, -0.05) is 12.1 Å². The van der Waals surface area contributed by atoms with Gasteiger partial charge in [-0.15, -0.1) is 0 Å². The molecule has 70 valence electrons. The van der Waals surface area contributed by atoms with Gasteiger partial charge in [-0.05, 0) is 30.5 Å². The maximum Gasteiger partial charge on any atom is 0.335 e. The summed E-state index contributed by atoms with van der Waals surface area (Å²) in [6.45, 7) is 1.80. The molecule has 1 aromatic rings. The first-order valence-electron chi connectivity index (χ1n) is 4.09. The lowest BCUT2D eigenvalue weighted by Gasteiger charge is -2.03. The van der Waals surface area contributed by atoms with Gasteiger partial charge in [-0.3, -0.25) is 0 Å². The van der Waals surface area contributed by atoms with E-state index < -0.39 is 5.97 Å². The van der Waals surface area contributed by atoms with Crippen molar-refractivity contribution in [1.29, 1.82) is 0 Å². The second kappa shape index (κ2) is 4.05. The summed E-state index contributed by atoms with van der Waals surface area (Å²) in [5, 5.41) is 17.5. The molecule has 0 aromatic heterocycles. The summed E-state index contributed by atoms with van der Waals surface area (Å²) in [5.41, 5.74) is 1.91. The third kappa shape index (κ3) is 2.29. The molecule has 0 aliphatic rings. The summed E-state index contributed by atoms with van der Waals surface area (Å²) in [5.74, 6) is -0.919. The van der Waals surface area contributed by atoms with Gasteiger partial charge < -0.3 is 10.2 Å². The van der Waals surface area contributed by atoms with Crippen molar-refractivity contribution < 1.29 is 15.0 Å². The van der Waals surface area contributed by atoms with Crippen LogP contribution >= 0.6 is 0 Å². The first-order chi connectivity index (χ1) is 6.15. The molecule has 1 rings (SSSR count). The van der Waals surface area contributed by atoms with Crippen LogP contribution < -0.4 is 0 Å². The standard InChI is InChI=1S/C10H12O3/c1-7-2-3-8(4-5-11)6-9(7)10(12)13/h2-3,6,11H,4-5H2,1H3,(H,12,13). The maximum absolute atomic E-state index is 10.7. The van der Waals surface area contributed by atoms with E-state index in [0.717, 1.165) is 11.1 Å². The third-order valence-corrected chi connectivity index (χ3v) is 1.93. The van der Waals surface area contributed by atoms with Gasteiger partial charge in [-0.25, -0.2) is 4.79 Å². The van der Waals surface area contributed by atoms with E-state index in [4.69, 9.17) is 10.2 Å². The van der Waals surface area contributed by atoms with Crippen molar-refractivity contribution in [2.45, 2.75) is 13.3 Å². The van der Waals surface area contributed by atoms with E-state index >= 15 is 0 Å². The molecule has 0 atom stereocenters. The van der Waals surface area contributed by atoms with Crippen LogP contribution in [0.4, 0.5) is 0 Å². The molecule has 0 heterocycles. The Balaban J connectivity index is 3.04. The summed E-state index contributed by atoms with van der Waals surface area (Å²) in [6.07, 6.45) is 0.501. The van der Waals surface area contributed by atoms with Crippen molar-refractivity contribution in [1.82, 2.24) is 0 Å². The zero-order chi connectivity index (χ0) is 9.84. The highest BCUT2D eigenvalue weighted by molar-refractivity contribution is 5.89. The minimum absolute atomic E-state index is 0.0438. The van der Waals surface area contributed by atoms with Gasteiger partial charge in [-0.2, -0.15) is 0 Å². The molecule has 0 saturated heterocycles. The van der Waals surface area contributed by atoms with Crippen LogP contribution in [0.2, 0.25) is 0 Å². The SMILES string of the molecule is Cc1ccc(CCO)cc1C(=O)O. The fourth-order valence-electron chi connectivity index (χ4n) is 1.18. The summed E-state index contributed by atoms with van der Waals surface area (Å²) in [7, 11) is 0. The zero-order valence-electron chi connectivity index (χ0n) is 7.45. The van der Waals surface area contributed by atoms with Crippen molar-refractivity contribution in [2.75, 3.05) is 6.61 Å². The molecule has 0 aliphatic heterocycles. The Morgan fingerprint density at radius 1 is 1.46 bits per heavy atom. The average molecular weight is 180 g/mol. The number of rotatable bonds is 3. The Labute approximate surface area is 76.6 Å².